The Morgan fingerprint density at radius 1 is 1.33 bits per heavy atom. The smallest absolute Gasteiger partial charge is 0.283 e. The molecule has 1 N–H and O–H groups in total. The lowest BCUT2D eigenvalue weighted by Crippen LogP contribution is -2.31. The number of benzene rings is 1. The molecule has 1 rings (SSSR count). The van der Waals surface area contributed by atoms with Gasteiger partial charge in [-0.15, -0.1) is 0 Å². The molecule has 0 saturated carbocycles. The van der Waals surface area contributed by atoms with E-state index in [2.05, 4.69) is 11.9 Å². The lowest BCUT2D eigenvalue weighted by atomic mass is 10.2. The molecule has 0 fully saturated rings. The van der Waals surface area contributed by atoms with Gasteiger partial charge in [-0.3, -0.25) is 9.59 Å². The van der Waals surface area contributed by atoms with Gasteiger partial charge in [-0.1, -0.05) is 25.1 Å². The summed E-state index contributed by atoms with van der Waals surface area (Å²) in [5.41, 5.74) is 1.71. The topological polar surface area (TPSA) is 49.4 Å². The van der Waals surface area contributed by atoms with Crippen LogP contribution in [0.3, 0.4) is 0 Å². The van der Waals surface area contributed by atoms with Crippen LogP contribution >= 0.6 is 11.8 Å². The molecule has 0 heterocycles. The summed E-state index contributed by atoms with van der Waals surface area (Å²) < 4.78 is 0. The second-order valence-corrected chi connectivity index (χ2v) is 5.75. The van der Waals surface area contributed by atoms with Crippen LogP contribution in [0.4, 0.5) is 10.5 Å². The zero-order valence-corrected chi connectivity index (χ0v) is 13.6. The second-order valence-electron chi connectivity index (χ2n) is 4.71. The minimum atomic E-state index is -0.0945. The summed E-state index contributed by atoms with van der Waals surface area (Å²) in [6.07, 6.45) is 0.432. The Hall–Kier alpha value is -1.75. The summed E-state index contributed by atoms with van der Waals surface area (Å²) in [6, 6.07) is 7.44. The largest absolute Gasteiger partial charge is 0.347 e. The van der Waals surface area contributed by atoms with Crippen molar-refractivity contribution in [1.29, 1.82) is 0 Å². The Balaban J connectivity index is 2.96. The Morgan fingerprint density at radius 2 is 2.05 bits per heavy atom. The van der Waals surface area contributed by atoms with Gasteiger partial charge in [-0.25, -0.2) is 0 Å². The molecule has 2 amide bonds. The molecule has 0 saturated heterocycles. The van der Waals surface area contributed by atoms with E-state index in [1.807, 2.05) is 45.0 Å². The van der Waals surface area contributed by atoms with E-state index >= 15 is 0 Å². The first-order valence-corrected chi connectivity index (χ1v) is 7.80. The number of nitrogens with zero attached hydrogens (tertiary/aromatic N) is 1. The minimum absolute atomic E-state index is 0.0400. The van der Waals surface area contributed by atoms with E-state index in [-0.39, 0.29) is 11.1 Å². The van der Waals surface area contributed by atoms with Crippen molar-refractivity contribution in [2.24, 2.45) is 0 Å². The first-order valence-electron chi connectivity index (χ1n) is 6.98. The third-order valence-corrected chi connectivity index (χ3v) is 3.51. The molecule has 0 aliphatic carbocycles. The predicted molar refractivity (Wildman–Crippen MR) is 88.8 cm³/mol. The van der Waals surface area contributed by atoms with E-state index in [1.54, 1.807) is 4.90 Å². The van der Waals surface area contributed by atoms with Gasteiger partial charge < -0.3 is 10.2 Å². The van der Waals surface area contributed by atoms with Crippen LogP contribution in [-0.2, 0) is 4.79 Å². The second kappa shape index (κ2) is 8.52. The number of nitrogens with one attached hydrogen (secondary N) is 1. The van der Waals surface area contributed by atoms with E-state index in [9.17, 15) is 9.59 Å². The van der Waals surface area contributed by atoms with Crippen molar-refractivity contribution in [2.45, 2.75) is 32.1 Å². The van der Waals surface area contributed by atoms with Gasteiger partial charge in [0.2, 0.25) is 5.91 Å². The lowest BCUT2D eigenvalue weighted by molar-refractivity contribution is -0.118. The third kappa shape index (κ3) is 5.63. The van der Waals surface area contributed by atoms with E-state index in [1.165, 1.54) is 0 Å². The van der Waals surface area contributed by atoms with Crippen molar-refractivity contribution >= 4 is 28.6 Å². The number of hydrogen-bond donors (Lipinski definition) is 1. The number of rotatable bonds is 6. The average Bonchev–Trinajstić information content (AvgIpc) is 2.44. The van der Waals surface area contributed by atoms with Crippen LogP contribution in [0.5, 0.6) is 0 Å². The van der Waals surface area contributed by atoms with Gasteiger partial charge >= 0.3 is 0 Å². The van der Waals surface area contributed by atoms with Gasteiger partial charge in [-0.2, -0.15) is 0 Å². The van der Waals surface area contributed by atoms with Gasteiger partial charge in [0.05, 0.1) is 0 Å². The van der Waals surface area contributed by atoms with Crippen molar-refractivity contribution in [3.8, 4) is 0 Å². The van der Waals surface area contributed by atoms with Crippen LogP contribution in [0.15, 0.2) is 41.3 Å². The first kappa shape index (κ1) is 17.3. The number of carbonyl (C=O) groups excluding carboxylic acids is 2. The molecule has 0 aromatic heterocycles. The van der Waals surface area contributed by atoms with Crippen molar-refractivity contribution in [3.05, 3.63) is 36.4 Å². The van der Waals surface area contributed by atoms with Crippen LogP contribution in [0.25, 0.3) is 0 Å². The van der Waals surface area contributed by atoms with Crippen LogP contribution < -0.4 is 10.2 Å². The molecule has 5 heteroatoms. The third-order valence-electron chi connectivity index (χ3n) is 2.69. The number of amides is 2. The van der Waals surface area contributed by atoms with Crippen molar-refractivity contribution in [3.63, 3.8) is 0 Å². The van der Waals surface area contributed by atoms with Crippen LogP contribution in [0.2, 0.25) is 0 Å². The highest BCUT2D eigenvalue weighted by atomic mass is 32.2. The number of carbonyl (C=O) groups is 2. The fourth-order valence-corrected chi connectivity index (χ4v) is 2.54. The molecule has 4 nitrogen and oxygen atoms in total. The Morgan fingerprint density at radius 3 is 2.62 bits per heavy atom. The number of thioether (sulfide) groups is 1. The molecule has 0 aliphatic rings. The Bertz CT molecular complexity index is 529. The summed E-state index contributed by atoms with van der Waals surface area (Å²) >= 11 is 1.13. The fraction of sp³-hybridized carbons (Fsp3) is 0.375. The van der Waals surface area contributed by atoms with Crippen LogP contribution in [0, 0.1) is 0 Å². The minimum Gasteiger partial charge on any atom is -0.347 e. The molecule has 0 atom stereocenters. The summed E-state index contributed by atoms with van der Waals surface area (Å²) in [6.45, 7) is 10.6. The van der Waals surface area contributed by atoms with E-state index in [4.69, 9.17) is 0 Å². The fourth-order valence-electron chi connectivity index (χ4n) is 1.79. The highest BCUT2D eigenvalue weighted by Crippen LogP contribution is 2.25. The predicted octanol–water partition coefficient (Wildman–Crippen LogP) is 3.83. The van der Waals surface area contributed by atoms with Crippen molar-refractivity contribution in [1.82, 2.24) is 5.32 Å². The molecule has 0 radical (unpaired) electrons. The SMILES string of the molecule is C=C(C)CN(C(=O)CC)c1cccc(SC(=O)NCC)c1. The lowest BCUT2D eigenvalue weighted by Gasteiger charge is -2.23. The maximum atomic E-state index is 12.1. The van der Waals surface area contributed by atoms with E-state index in [0.717, 1.165) is 27.9 Å². The molecule has 114 valence electrons. The molecule has 0 spiro atoms. The van der Waals surface area contributed by atoms with Crippen LogP contribution in [-0.4, -0.2) is 24.2 Å². The standard InChI is InChI=1S/C16H22N2O2S/c1-5-15(19)18(11-12(3)4)13-8-7-9-14(10-13)21-16(20)17-6-2/h7-10H,3,5-6,11H2,1-2,4H3,(H,17,20). The van der Waals surface area contributed by atoms with E-state index < -0.39 is 0 Å². The Labute approximate surface area is 130 Å². The monoisotopic (exact) mass is 306 g/mol. The molecule has 0 bridgehead atoms. The highest BCUT2D eigenvalue weighted by Gasteiger charge is 2.15. The normalized spacial score (nSPS) is 10.0. The van der Waals surface area contributed by atoms with Gasteiger partial charge in [0.1, 0.15) is 0 Å². The number of hydrogen-bond acceptors (Lipinski definition) is 3. The Kier molecular flexibility index (Phi) is 7.02. The zero-order valence-electron chi connectivity index (χ0n) is 12.8. The summed E-state index contributed by atoms with van der Waals surface area (Å²) in [5.74, 6) is 0.0400. The van der Waals surface area contributed by atoms with Crippen LogP contribution in [0.1, 0.15) is 27.2 Å². The molecule has 1 aromatic carbocycles. The zero-order chi connectivity index (χ0) is 15.8. The number of anilines is 1. The molecular weight excluding hydrogens is 284 g/mol. The van der Waals surface area contributed by atoms with Gasteiger partial charge in [0.15, 0.2) is 0 Å². The molecule has 0 unspecified atom stereocenters. The highest BCUT2D eigenvalue weighted by molar-refractivity contribution is 8.13. The summed E-state index contributed by atoms with van der Waals surface area (Å²) in [5, 5.41) is 2.64. The first-order chi connectivity index (χ1) is 9.97. The average molecular weight is 306 g/mol. The summed E-state index contributed by atoms with van der Waals surface area (Å²) in [4.78, 5) is 26.2. The molecule has 0 aliphatic heterocycles. The van der Waals surface area contributed by atoms with Gasteiger partial charge in [0.25, 0.3) is 5.24 Å². The summed E-state index contributed by atoms with van der Waals surface area (Å²) in [7, 11) is 0. The van der Waals surface area contributed by atoms with Gasteiger partial charge in [-0.05, 0) is 43.8 Å². The molecule has 1 aromatic rings. The van der Waals surface area contributed by atoms with Crippen molar-refractivity contribution < 1.29 is 9.59 Å². The molecule has 21 heavy (non-hydrogen) atoms. The van der Waals surface area contributed by atoms with Crippen molar-refractivity contribution in [2.75, 3.05) is 18.0 Å². The maximum Gasteiger partial charge on any atom is 0.283 e. The molecular formula is C16H22N2O2S. The maximum absolute atomic E-state index is 12.1. The van der Waals surface area contributed by atoms with E-state index in [0.29, 0.717) is 19.5 Å². The van der Waals surface area contributed by atoms with Gasteiger partial charge in [0, 0.05) is 30.1 Å². The quantitative estimate of drug-likeness (QED) is 0.642.